The van der Waals surface area contributed by atoms with Gasteiger partial charge >= 0.3 is 0 Å². The first-order chi connectivity index (χ1) is 12.9. The van der Waals surface area contributed by atoms with Crippen LogP contribution in [0.4, 0.5) is 0 Å². The standard InChI is InChI=1S/C20H32N2O4S/c1-4-5-14-26-15-9-13-21-20(23)19(17(2)3)22-27(24,25)16-12-18-10-7-6-8-11-18/h6-8,10-12,16-17,19,22H,4-5,9,13-15H2,1-3H3,(H,21,23)/b16-12+/t19-/m1/s1. The third-order valence-electron chi connectivity index (χ3n) is 3.89. The van der Waals surface area contributed by atoms with Gasteiger partial charge in [-0.05, 0) is 30.4 Å². The van der Waals surface area contributed by atoms with E-state index in [-0.39, 0.29) is 11.8 Å². The number of ether oxygens (including phenoxy) is 1. The van der Waals surface area contributed by atoms with E-state index in [9.17, 15) is 13.2 Å². The molecule has 1 aromatic rings. The Morgan fingerprint density at radius 3 is 2.44 bits per heavy atom. The lowest BCUT2D eigenvalue weighted by atomic mass is 10.1. The molecule has 1 aromatic carbocycles. The molecule has 1 amide bonds. The van der Waals surface area contributed by atoms with Gasteiger partial charge in [-0.15, -0.1) is 0 Å². The summed E-state index contributed by atoms with van der Waals surface area (Å²) in [5.74, 6) is -0.499. The summed E-state index contributed by atoms with van der Waals surface area (Å²) >= 11 is 0. The summed E-state index contributed by atoms with van der Waals surface area (Å²) in [5, 5.41) is 3.87. The largest absolute Gasteiger partial charge is 0.381 e. The number of nitrogens with one attached hydrogen (secondary N) is 2. The smallest absolute Gasteiger partial charge is 0.238 e. The van der Waals surface area contributed by atoms with Gasteiger partial charge in [-0.1, -0.05) is 57.5 Å². The first-order valence-electron chi connectivity index (χ1n) is 9.46. The molecule has 0 saturated heterocycles. The third-order valence-corrected chi connectivity index (χ3v) is 4.96. The van der Waals surface area contributed by atoms with Gasteiger partial charge in [0.25, 0.3) is 0 Å². The van der Waals surface area contributed by atoms with Crippen molar-refractivity contribution in [2.24, 2.45) is 5.92 Å². The van der Waals surface area contributed by atoms with Crippen LogP contribution in [0.25, 0.3) is 6.08 Å². The number of benzene rings is 1. The van der Waals surface area contributed by atoms with E-state index in [1.54, 1.807) is 12.1 Å². The Bertz CT molecular complexity index is 672. The monoisotopic (exact) mass is 396 g/mol. The van der Waals surface area contributed by atoms with Gasteiger partial charge in [0.15, 0.2) is 0 Å². The lowest BCUT2D eigenvalue weighted by Crippen LogP contribution is -2.49. The third kappa shape index (κ3) is 10.3. The molecule has 0 saturated carbocycles. The Labute approximate surface area is 163 Å². The molecule has 0 aliphatic carbocycles. The fraction of sp³-hybridized carbons (Fsp3) is 0.550. The highest BCUT2D eigenvalue weighted by Gasteiger charge is 2.25. The van der Waals surface area contributed by atoms with E-state index in [0.717, 1.165) is 30.4 Å². The van der Waals surface area contributed by atoms with E-state index in [2.05, 4.69) is 17.0 Å². The average molecular weight is 397 g/mol. The topological polar surface area (TPSA) is 84.5 Å². The van der Waals surface area contributed by atoms with Crippen LogP contribution < -0.4 is 10.0 Å². The number of sulfonamides is 1. The molecule has 1 rings (SSSR count). The minimum atomic E-state index is -3.73. The molecule has 0 aliphatic rings. The number of carbonyl (C=O) groups excluding carboxylic acids is 1. The van der Waals surface area contributed by atoms with Crippen molar-refractivity contribution in [1.29, 1.82) is 0 Å². The van der Waals surface area contributed by atoms with Gasteiger partial charge in [-0.2, -0.15) is 4.72 Å². The van der Waals surface area contributed by atoms with Gasteiger partial charge in [0, 0.05) is 25.2 Å². The highest BCUT2D eigenvalue weighted by molar-refractivity contribution is 7.92. The molecule has 1 atom stereocenters. The van der Waals surface area contributed by atoms with Crippen LogP contribution in [0.15, 0.2) is 35.7 Å². The van der Waals surface area contributed by atoms with Crippen LogP contribution >= 0.6 is 0 Å². The summed E-state index contributed by atoms with van der Waals surface area (Å²) in [5.41, 5.74) is 0.775. The number of unbranched alkanes of at least 4 members (excludes halogenated alkanes) is 1. The Kier molecular flexibility index (Phi) is 10.9. The summed E-state index contributed by atoms with van der Waals surface area (Å²) < 4.78 is 32.5. The number of amides is 1. The van der Waals surface area contributed by atoms with Gasteiger partial charge in [-0.3, -0.25) is 4.79 Å². The first-order valence-corrected chi connectivity index (χ1v) is 11.0. The second-order valence-corrected chi connectivity index (χ2v) is 8.31. The Morgan fingerprint density at radius 1 is 1.15 bits per heavy atom. The van der Waals surface area contributed by atoms with Crippen LogP contribution in [0.3, 0.4) is 0 Å². The normalized spacial score (nSPS) is 13.2. The van der Waals surface area contributed by atoms with Gasteiger partial charge in [0.1, 0.15) is 6.04 Å². The van der Waals surface area contributed by atoms with Crippen molar-refractivity contribution in [3.05, 3.63) is 41.3 Å². The van der Waals surface area contributed by atoms with Gasteiger partial charge in [0.2, 0.25) is 15.9 Å². The molecule has 6 nitrogen and oxygen atoms in total. The molecular weight excluding hydrogens is 364 g/mol. The van der Waals surface area contributed by atoms with Crippen molar-refractivity contribution in [3.8, 4) is 0 Å². The predicted octanol–water partition coefficient (Wildman–Crippen LogP) is 2.92. The second kappa shape index (κ2) is 12.6. The van der Waals surface area contributed by atoms with Gasteiger partial charge < -0.3 is 10.1 Å². The summed E-state index contributed by atoms with van der Waals surface area (Å²) in [6.45, 7) is 7.48. The van der Waals surface area contributed by atoms with Crippen LogP contribution in [0.1, 0.15) is 45.6 Å². The summed E-state index contributed by atoms with van der Waals surface area (Å²) in [7, 11) is -3.73. The molecule has 2 N–H and O–H groups in total. The zero-order valence-corrected chi connectivity index (χ0v) is 17.3. The Hall–Kier alpha value is -1.70. The highest BCUT2D eigenvalue weighted by Crippen LogP contribution is 2.07. The average Bonchev–Trinajstić information content (AvgIpc) is 2.64. The molecule has 152 valence electrons. The molecule has 27 heavy (non-hydrogen) atoms. The zero-order valence-electron chi connectivity index (χ0n) is 16.5. The van der Waals surface area contributed by atoms with E-state index >= 15 is 0 Å². The maximum atomic E-state index is 12.4. The van der Waals surface area contributed by atoms with Crippen molar-refractivity contribution in [2.75, 3.05) is 19.8 Å². The maximum absolute atomic E-state index is 12.4. The fourth-order valence-electron chi connectivity index (χ4n) is 2.29. The molecule has 0 spiro atoms. The molecule has 0 radical (unpaired) electrons. The lowest BCUT2D eigenvalue weighted by molar-refractivity contribution is -0.123. The van der Waals surface area contributed by atoms with Crippen LogP contribution in [-0.2, 0) is 19.6 Å². The number of rotatable bonds is 13. The van der Waals surface area contributed by atoms with E-state index in [4.69, 9.17) is 4.74 Å². The van der Waals surface area contributed by atoms with Gasteiger partial charge in [-0.25, -0.2) is 8.42 Å². The highest BCUT2D eigenvalue weighted by atomic mass is 32.2. The number of carbonyl (C=O) groups is 1. The summed E-state index contributed by atoms with van der Waals surface area (Å²) in [6, 6.07) is 8.31. The molecule has 7 heteroatoms. The zero-order chi connectivity index (χ0) is 20.1. The lowest BCUT2D eigenvalue weighted by Gasteiger charge is -2.20. The molecule has 0 unspecified atom stereocenters. The van der Waals surface area contributed by atoms with Crippen molar-refractivity contribution in [3.63, 3.8) is 0 Å². The number of hydrogen-bond acceptors (Lipinski definition) is 4. The number of hydrogen-bond donors (Lipinski definition) is 2. The SMILES string of the molecule is CCCCOCCCNC(=O)[C@H](NS(=O)(=O)/C=C/c1ccccc1)C(C)C. The molecular formula is C20H32N2O4S. The molecule has 0 fully saturated rings. The molecule has 0 heterocycles. The maximum Gasteiger partial charge on any atom is 0.238 e. The van der Waals surface area contributed by atoms with Crippen LogP contribution in [0, 0.1) is 5.92 Å². The van der Waals surface area contributed by atoms with Crippen molar-refractivity contribution in [1.82, 2.24) is 10.0 Å². The molecule has 0 aliphatic heterocycles. The van der Waals surface area contributed by atoms with Crippen LogP contribution in [0.5, 0.6) is 0 Å². The van der Waals surface area contributed by atoms with Crippen molar-refractivity contribution in [2.45, 2.75) is 46.1 Å². The summed E-state index contributed by atoms with van der Waals surface area (Å²) in [6.07, 6.45) is 4.32. The fourth-order valence-corrected chi connectivity index (χ4v) is 3.43. The van der Waals surface area contributed by atoms with Crippen LogP contribution in [-0.4, -0.2) is 40.1 Å². The second-order valence-electron chi connectivity index (χ2n) is 6.71. The van der Waals surface area contributed by atoms with E-state index in [1.165, 1.54) is 6.08 Å². The summed E-state index contributed by atoms with van der Waals surface area (Å²) in [4.78, 5) is 12.4. The Balaban J connectivity index is 2.51. The van der Waals surface area contributed by atoms with Crippen LogP contribution in [0.2, 0.25) is 0 Å². The predicted molar refractivity (Wildman–Crippen MR) is 110 cm³/mol. The molecule has 0 aromatic heterocycles. The minimum absolute atomic E-state index is 0.175. The quantitative estimate of drug-likeness (QED) is 0.502. The van der Waals surface area contributed by atoms with Gasteiger partial charge in [0.05, 0.1) is 0 Å². The first kappa shape index (κ1) is 23.3. The van der Waals surface area contributed by atoms with E-state index in [1.807, 2.05) is 32.0 Å². The van der Waals surface area contributed by atoms with Crippen molar-refractivity contribution >= 4 is 22.0 Å². The van der Waals surface area contributed by atoms with E-state index in [0.29, 0.717) is 19.6 Å². The van der Waals surface area contributed by atoms with E-state index < -0.39 is 16.1 Å². The molecule has 0 bridgehead atoms. The van der Waals surface area contributed by atoms with Crippen molar-refractivity contribution < 1.29 is 17.9 Å². The Morgan fingerprint density at radius 2 is 1.81 bits per heavy atom. The minimum Gasteiger partial charge on any atom is -0.381 e.